The highest BCUT2D eigenvalue weighted by molar-refractivity contribution is 6.06. The van der Waals surface area contributed by atoms with Gasteiger partial charge in [-0.2, -0.15) is 4.98 Å². The lowest BCUT2D eigenvalue weighted by Crippen LogP contribution is -2.43. The van der Waals surface area contributed by atoms with E-state index in [9.17, 15) is 4.79 Å². The molecule has 8 heteroatoms. The number of rotatable bonds is 8. The molecule has 1 fully saturated rings. The third-order valence-electron chi connectivity index (χ3n) is 7.00. The van der Waals surface area contributed by atoms with Gasteiger partial charge in [-0.25, -0.2) is 4.98 Å². The molecular formula is C29H35N7O. The normalized spacial score (nSPS) is 13.8. The Balaban J connectivity index is 1.43. The van der Waals surface area contributed by atoms with E-state index in [1.807, 2.05) is 37.3 Å². The number of nitrogens with one attached hydrogen (secondary N) is 3. The van der Waals surface area contributed by atoms with Gasteiger partial charge in [0.25, 0.3) is 5.91 Å². The molecule has 0 atom stereocenters. The number of hydrogen-bond donors (Lipinski definition) is 3. The first kappa shape index (κ1) is 24.8. The van der Waals surface area contributed by atoms with E-state index in [0.717, 1.165) is 67.0 Å². The van der Waals surface area contributed by atoms with Gasteiger partial charge in [0.15, 0.2) is 0 Å². The molecule has 1 aliphatic heterocycles. The van der Waals surface area contributed by atoms with Crippen molar-refractivity contribution >= 4 is 40.0 Å². The maximum absolute atomic E-state index is 13.4. The maximum atomic E-state index is 13.4. The first-order valence-corrected chi connectivity index (χ1v) is 13.1. The van der Waals surface area contributed by atoms with Gasteiger partial charge in [-0.1, -0.05) is 26.0 Å². The molecule has 37 heavy (non-hydrogen) atoms. The van der Waals surface area contributed by atoms with E-state index >= 15 is 0 Å². The van der Waals surface area contributed by atoms with Crippen LogP contribution in [0.1, 0.15) is 48.8 Å². The predicted octanol–water partition coefficient (Wildman–Crippen LogP) is 5.51. The lowest BCUT2D eigenvalue weighted by molar-refractivity contribution is 0.101. The molecule has 3 heterocycles. The summed E-state index contributed by atoms with van der Waals surface area (Å²) >= 11 is 0. The summed E-state index contributed by atoms with van der Waals surface area (Å²) in [4.78, 5) is 25.2. The number of aryl methyl sites for hydroxylation is 1. The summed E-state index contributed by atoms with van der Waals surface area (Å²) in [5.74, 6) is 0.367. The second-order valence-electron chi connectivity index (χ2n) is 9.57. The van der Waals surface area contributed by atoms with Crippen LogP contribution in [0.3, 0.4) is 0 Å². The van der Waals surface area contributed by atoms with Gasteiger partial charge >= 0.3 is 0 Å². The summed E-state index contributed by atoms with van der Waals surface area (Å²) < 4.78 is 2.07. The number of benzene rings is 2. The topological polar surface area (TPSA) is 87.1 Å². The molecule has 4 aromatic rings. The molecular weight excluding hydrogens is 462 g/mol. The number of fused-ring (bicyclic) bond motifs is 1. The smallest absolute Gasteiger partial charge is 0.272 e. The summed E-state index contributed by atoms with van der Waals surface area (Å²) in [5.41, 5.74) is 5.38. The van der Waals surface area contributed by atoms with Crippen LogP contribution in [0.2, 0.25) is 0 Å². The fourth-order valence-corrected chi connectivity index (χ4v) is 4.99. The number of hydrogen-bond acceptors (Lipinski definition) is 6. The fourth-order valence-electron chi connectivity index (χ4n) is 4.99. The molecule has 192 valence electrons. The van der Waals surface area contributed by atoms with E-state index in [4.69, 9.17) is 4.98 Å². The van der Waals surface area contributed by atoms with E-state index in [-0.39, 0.29) is 11.9 Å². The van der Waals surface area contributed by atoms with E-state index < -0.39 is 0 Å². The minimum atomic E-state index is -0.145. The first-order valence-electron chi connectivity index (χ1n) is 13.1. The average Bonchev–Trinajstić information content (AvgIpc) is 3.29. The number of nitrogens with zero attached hydrogens (tertiary/aromatic N) is 4. The average molecular weight is 498 g/mol. The van der Waals surface area contributed by atoms with Crippen molar-refractivity contribution in [2.24, 2.45) is 0 Å². The van der Waals surface area contributed by atoms with Crippen molar-refractivity contribution < 1.29 is 4.79 Å². The molecule has 1 amide bonds. The van der Waals surface area contributed by atoms with Crippen LogP contribution in [-0.2, 0) is 0 Å². The number of amides is 1. The van der Waals surface area contributed by atoms with E-state index in [1.165, 1.54) is 5.69 Å². The van der Waals surface area contributed by atoms with Crippen LogP contribution in [0.25, 0.3) is 11.0 Å². The van der Waals surface area contributed by atoms with Crippen LogP contribution in [0.15, 0.2) is 60.8 Å². The second-order valence-corrected chi connectivity index (χ2v) is 9.57. The van der Waals surface area contributed by atoms with Crippen LogP contribution in [0.5, 0.6) is 0 Å². The Morgan fingerprint density at radius 3 is 2.49 bits per heavy atom. The van der Waals surface area contributed by atoms with Crippen LogP contribution < -0.4 is 20.9 Å². The van der Waals surface area contributed by atoms with Gasteiger partial charge in [-0.05, 0) is 67.8 Å². The highest BCUT2D eigenvalue weighted by Crippen LogP contribution is 2.29. The summed E-state index contributed by atoms with van der Waals surface area (Å²) in [6, 6.07) is 18.3. The van der Waals surface area contributed by atoms with Gasteiger partial charge in [0.2, 0.25) is 5.95 Å². The molecule has 5 rings (SSSR count). The molecule has 0 spiro atoms. The van der Waals surface area contributed by atoms with Gasteiger partial charge in [0, 0.05) is 60.9 Å². The van der Waals surface area contributed by atoms with Gasteiger partial charge in [-0.15, -0.1) is 0 Å². The number of anilines is 4. The molecule has 1 saturated heterocycles. The van der Waals surface area contributed by atoms with Crippen LogP contribution >= 0.6 is 0 Å². The van der Waals surface area contributed by atoms with Gasteiger partial charge < -0.3 is 25.4 Å². The van der Waals surface area contributed by atoms with Gasteiger partial charge in [0.05, 0.1) is 0 Å². The number of carbonyl (C=O) groups is 1. The van der Waals surface area contributed by atoms with Crippen LogP contribution in [0.4, 0.5) is 23.0 Å². The Morgan fingerprint density at radius 2 is 1.78 bits per heavy atom. The molecule has 0 bridgehead atoms. The summed E-state index contributed by atoms with van der Waals surface area (Å²) in [7, 11) is 0. The molecule has 0 unspecified atom stereocenters. The highest BCUT2D eigenvalue weighted by atomic mass is 16.2. The molecule has 2 aromatic carbocycles. The third-order valence-corrected chi connectivity index (χ3v) is 7.00. The third kappa shape index (κ3) is 5.44. The molecule has 3 N–H and O–H groups in total. The quantitative estimate of drug-likeness (QED) is 0.298. The Morgan fingerprint density at radius 1 is 1.03 bits per heavy atom. The van der Waals surface area contributed by atoms with E-state index in [2.05, 4.69) is 68.5 Å². The predicted molar refractivity (Wildman–Crippen MR) is 151 cm³/mol. The van der Waals surface area contributed by atoms with Crippen LogP contribution in [-0.4, -0.2) is 46.6 Å². The van der Waals surface area contributed by atoms with Crippen molar-refractivity contribution in [1.29, 1.82) is 0 Å². The number of piperazine rings is 1. The monoisotopic (exact) mass is 497 g/mol. The molecule has 2 aromatic heterocycles. The maximum Gasteiger partial charge on any atom is 0.272 e. The summed E-state index contributed by atoms with van der Waals surface area (Å²) in [6.07, 6.45) is 3.58. The Hall–Kier alpha value is -3.91. The van der Waals surface area contributed by atoms with Crippen molar-refractivity contribution in [1.82, 2.24) is 19.9 Å². The first-order chi connectivity index (χ1) is 18.1. The minimum absolute atomic E-state index is 0.145. The largest absolute Gasteiger partial charge is 0.369 e. The number of aromatic nitrogens is 3. The zero-order valence-corrected chi connectivity index (χ0v) is 21.8. The second kappa shape index (κ2) is 11.0. The molecule has 0 saturated carbocycles. The van der Waals surface area contributed by atoms with Crippen molar-refractivity contribution in [2.45, 2.75) is 39.7 Å². The lowest BCUT2D eigenvalue weighted by Gasteiger charge is -2.29. The number of carbonyl (C=O) groups excluding carboxylic acids is 1. The van der Waals surface area contributed by atoms with Crippen molar-refractivity contribution in [3.63, 3.8) is 0 Å². The standard InChI is InChI=1S/C29H35N7O/c1-4-24(5-2)36-26(28(37)32-23-8-6-7-20(3)17-23)18-21-19-31-29(34-27(21)36)33-22-9-11-25(12-10-22)35-15-13-30-14-16-35/h6-12,17-19,24,30H,4-5,13-16H2,1-3H3,(H,32,37)(H,31,33,34). The Labute approximate surface area is 218 Å². The van der Waals surface area contributed by atoms with Crippen LogP contribution in [0, 0.1) is 6.92 Å². The highest BCUT2D eigenvalue weighted by Gasteiger charge is 2.22. The lowest BCUT2D eigenvalue weighted by atomic mass is 10.1. The van der Waals surface area contributed by atoms with Crippen molar-refractivity contribution in [2.75, 3.05) is 41.7 Å². The van der Waals surface area contributed by atoms with Gasteiger partial charge in [0.1, 0.15) is 11.3 Å². The fraction of sp³-hybridized carbons (Fsp3) is 0.345. The molecule has 1 aliphatic rings. The van der Waals surface area contributed by atoms with Gasteiger partial charge in [-0.3, -0.25) is 4.79 Å². The minimum Gasteiger partial charge on any atom is -0.369 e. The van der Waals surface area contributed by atoms with Crippen molar-refractivity contribution in [3.8, 4) is 0 Å². The zero-order chi connectivity index (χ0) is 25.8. The Bertz CT molecular complexity index is 1370. The molecule has 0 radical (unpaired) electrons. The molecule has 8 nitrogen and oxygen atoms in total. The summed E-state index contributed by atoms with van der Waals surface area (Å²) in [6.45, 7) is 10.3. The Kier molecular flexibility index (Phi) is 7.37. The molecule has 0 aliphatic carbocycles. The van der Waals surface area contributed by atoms with E-state index in [1.54, 1.807) is 6.20 Å². The van der Waals surface area contributed by atoms with E-state index in [0.29, 0.717) is 11.6 Å². The zero-order valence-electron chi connectivity index (χ0n) is 21.8. The summed E-state index contributed by atoms with van der Waals surface area (Å²) in [5, 5.41) is 10.6. The van der Waals surface area contributed by atoms with Crippen molar-refractivity contribution in [3.05, 3.63) is 72.1 Å². The SMILES string of the molecule is CCC(CC)n1c(C(=O)Nc2cccc(C)c2)cc2cnc(Nc3ccc(N4CCNCC4)cc3)nc21.